The number of hydrogen-bond donors (Lipinski definition) is 2. The molecule has 1 fully saturated rings. The summed E-state index contributed by atoms with van der Waals surface area (Å²) in [5.41, 5.74) is 5.56. The highest BCUT2D eigenvalue weighted by molar-refractivity contribution is 5.13. The number of rotatable bonds is 2. The molecule has 2 atom stereocenters. The van der Waals surface area contributed by atoms with Crippen molar-refractivity contribution in [1.29, 1.82) is 0 Å². The van der Waals surface area contributed by atoms with Gasteiger partial charge in [-0.2, -0.15) is 0 Å². The van der Waals surface area contributed by atoms with Crippen molar-refractivity contribution in [2.45, 2.75) is 19.0 Å². The summed E-state index contributed by atoms with van der Waals surface area (Å²) in [4.78, 5) is 1.69. The van der Waals surface area contributed by atoms with E-state index in [1.54, 1.807) is 4.90 Å². The van der Waals surface area contributed by atoms with Gasteiger partial charge in [-0.25, -0.2) is 0 Å². The summed E-state index contributed by atoms with van der Waals surface area (Å²) < 4.78 is 0. The van der Waals surface area contributed by atoms with Gasteiger partial charge in [-0.3, -0.25) is 0 Å². The Morgan fingerprint density at radius 1 is 1.31 bits per heavy atom. The van der Waals surface area contributed by atoms with Crippen LogP contribution in [0.25, 0.3) is 0 Å². The van der Waals surface area contributed by atoms with Gasteiger partial charge in [0.05, 0.1) is 13.0 Å². The van der Waals surface area contributed by atoms with Crippen molar-refractivity contribution >= 4 is 0 Å². The molecule has 0 spiro atoms. The second-order valence-corrected chi connectivity index (χ2v) is 4.02. The standard InChI is InChI=1S/C11H16N2/c12-11-6-7-13(9-11)8-10-4-2-1-3-5-10/h1-5,11H,6-9,12H2/p+2/t11-/m0/s1. The smallest absolute Gasteiger partial charge is 0.139 e. The van der Waals surface area contributed by atoms with Crippen LogP contribution in [0.15, 0.2) is 30.3 Å². The molecule has 13 heavy (non-hydrogen) atoms. The normalized spacial score (nSPS) is 27.8. The molecular formula is C11H18N2+2. The first-order valence-electron chi connectivity index (χ1n) is 5.05. The van der Waals surface area contributed by atoms with Crippen molar-refractivity contribution in [1.82, 2.24) is 0 Å². The lowest BCUT2D eigenvalue weighted by Crippen LogP contribution is -3.09. The zero-order valence-electron chi connectivity index (χ0n) is 8.00. The number of benzene rings is 1. The first-order chi connectivity index (χ1) is 6.34. The van der Waals surface area contributed by atoms with Crippen LogP contribution in [0.5, 0.6) is 0 Å². The van der Waals surface area contributed by atoms with Crippen LogP contribution in [0.2, 0.25) is 0 Å². The van der Waals surface area contributed by atoms with Gasteiger partial charge in [-0.1, -0.05) is 30.3 Å². The highest BCUT2D eigenvalue weighted by Crippen LogP contribution is 1.96. The van der Waals surface area contributed by atoms with E-state index in [0.717, 1.165) is 0 Å². The molecule has 0 aliphatic carbocycles. The molecule has 4 N–H and O–H groups in total. The van der Waals surface area contributed by atoms with Crippen LogP contribution in [0.1, 0.15) is 12.0 Å². The molecule has 0 aromatic heterocycles. The van der Waals surface area contributed by atoms with E-state index in [2.05, 4.69) is 36.1 Å². The van der Waals surface area contributed by atoms with E-state index in [4.69, 9.17) is 0 Å². The Hall–Kier alpha value is -0.860. The van der Waals surface area contributed by atoms with Gasteiger partial charge >= 0.3 is 0 Å². The molecule has 0 bridgehead atoms. The zero-order valence-corrected chi connectivity index (χ0v) is 8.00. The fourth-order valence-corrected chi connectivity index (χ4v) is 2.07. The number of hydrogen-bond acceptors (Lipinski definition) is 0. The van der Waals surface area contributed by atoms with Crippen LogP contribution in [-0.4, -0.2) is 19.1 Å². The SMILES string of the molecule is [NH3+][C@H]1CC[NH+](Cc2ccccc2)C1. The maximum atomic E-state index is 4.11. The topological polar surface area (TPSA) is 32.1 Å². The quantitative estimate of drug-likeness (QED) is 0.587. The van der Waals surface area contributed by atoms with Crippen molar-refractivity contribution in [2.24, 2.45) is 0 Å². The monoisotopic (exact) mass is 178 g/mol. The molecule has 2 heteroatoms. The van der Waals surface area contributed by atoms with Gasteiger partial charge in [-0.05, 0) is 0 Å². The lowest BCUT2D eigenvalue weighted by Gasteiger charge is -2.11. The first kappa shape index (κ1) is 8.73. The van der Waals surface area contributed by atoms with Gasteiger partial charge in [0.25, 0.3) is 0 Å². The maximum Gasteiger partial charge on any atom is 0.139 e. The van der Waals surface area contributed by atoms with Gasteiger partial charge in [-0.15, -0.1) is 0 Å². The van der Waals surface area contributed by atoms with Crippen LogP contribution in [0, 0.1) is 0 Å². The minimum Gasteiger partial charge on any atom is -0.350 e. The average molecular weight is 178 g/mol. The van der Waals surface area contributed by atoms with Crippen LogP contribution >= 0.6 is 0 Å². The highest BCUT2D eigenvalue weighted by atomic mass is 15.2. The minimum atomic E-state index is 0.679. The Kier molecular flexibility index (Phi) is 2.62. The minimum absolute atomic E-state index is 0.679. The van der Waals surface area contributed by atoms with Crippen LogP contribution < -0.4 is 10.6 Å². The molecule has 2 nitrogen and oxygen atoms in total. The van der Waals surface area contributed by atoms with Crippen molar-refractivity contribution in [3.05, 3.63) is 35.9 Å². The van der Waals surface area contributed by atoms with Gasteiger partial charge in [0.1, 0.15) is 19.1 Å². The van der Waals surface area contributed by atoms with Gasteiger partial charge in [0, 0.05) is 5.56 Å². The zero-order chi connectivity index (χ0) is 9.10. The molecule has 0 saturated carbocycles. The number of likely N-dealkylation sites (tertiary alicyclic amines) is 1. The van der Waals surface area contributed by atoms with Crippen molar-refractivity contribution < 1.29 is 10.6 Å². The molecule has 0 amide bonds. The molecule has 1 saturated heterocycles. The Morgan fingerprint density at radius 3 is 2.69 bits per heavy atom. The van der Waals surface area contributed by atoms with Gasteiger partial charge < -0.3 is 10.6 Å². The van der Waals surface area contributed by atoms with E-state index in [9.17, 15) is 0 Å². The second-order valence-electron chi connectivity index (χ2n) is 4.02. The highest BCUT2D eigenvalue weighted by Gasteiger charge is 2.25. The fraction of sp³-hybridized carbons (Fsp3) is 0.455. The van der Waals surface area contributed by atoms with Gasteiger partial charge in [0.15, 0.2) is 0 Å². The Morgan fingerprint density at radius 2 is 2.08 bits per heavy atom. The van der Waals surface area contributed by atoms with E-state index in [1.807, 2.05) is 0 Å². The predicted molar refractivity (Wildman–Crippen MR) is 52.1 cm³/mol. The Labute approximate surface area is 79.4 Å². The van der Waals surface area contributed by atoms with E-state index >= 15 is 0 Å². The largest absolute Gasteiger partial charge is 0.350 e. The van der Waals surface area contributed by atoms with E-state index < -0.39 is 0 Å². The molecule has 1 aliphatic rings. The Bertz CT molecular complexity index is 258. The Balaban J connectivity index is 1.92. The molecule has 1 heterocycles. The van der Waals surface area contributed by atoms with Crippen molar-refractivity contribution in [2.75, 3.05) is 13.1 Å². The molecular weight excluding hydrogens is 160 g/mol. The summed E-state index contributed by atoms with van der Waals surface area (Å²) >= 11 is 0. The van der Waals surface area contributed by atoms with E-state index in [1.165, 1.54) is 31.6 Å². The molecule has 1 unspecified atom stereocenters. The summed E-state index contributed by atoms with van der Waals surface area (Å²) in [6.45, 7) is 3.71. The summed E-state index contributed by atoms with van der Waals surface area (Å²) in [7, 11) is 0. The third-order valence-corrected chi connectivity index (χ3v) is 2.78. The van der Waals surface area contributed by atoms with Crippen LogP contribution in [0.4, 0.5) is 0 Å². The fourth-order valence-electron chi connectivity index (χ4n) is 2.07. The lowest BCUT2D eigenvalue weighted by molar-refractivity contribution is -0.905. The molecule has 1 aromatic carbocycles. The van der Waals surface area contributed by atoms with Gasteiger partial charge in [0.2, 0.25) is 0 Å². The molecule has 1 aliphatic heterocycles. The first-order valence-corrected chi connectivity index (χ1v) is 5.05. The summed E-state index contributed by atoms with van der Waals surface area (Å²) in [5.74, 6) is 0. The van der Waals surface area contributed by atoms with Crippen LogP contribution in [-0.2, 0) is 6.54 Å². The number of quaternary nitrogens is 2. The van der Waals surface area contributed by atoms with E-state index in [0.29, 0.717) is 6.04 Å². The predicted octanol–water partition coefficient (Wildman–Crippen LogP) is -0.914. The van der Waals surface area contributed by atoms with E-state index in [-0.39, 0.29) is 0 Å². The van der Waals surface area contributed by atoms with Crippen LogP contribution in [0.3, 0.4) is 0 Å². The third-order valence-electron chi connectivity index (χ3n) is 2.78. The number of nitrogens with one attached hydrogen (secondary N) is 1. The molecule has 2 rings (SSSR count). The summed E-state index contributed by atoms with van der Waals surface area (Å²) in [6, 6.07) is 11.4. The summed E-state index contributed by atoms with van der Waals surface area (Å²) in [5, 5.41) is 0. The lowest BCUT2D eigenvalue weighted by atomic mass is 10.2. The van der Waals surface area contributed by atoms with Crippen molar-refractivity contribution in [3.8, 4) is 0 Å². The third kappa shape index (κ3) is 2.29. The molecule has 70 valence electrons. The molecule has 0 radical (unpaired) electrons. The second kappa shape index (κ2) is 3.90. The molecule has 1 aromatic rings. The average Bonchev–Trinajstić information content (AvgIpc) is 2.53. The van der Waals surface area contributed by atoms with Crippen molar-refractivity contribution in [3.63, 3.8) is 0 Å². The summed E-state index contributed by atoms with van der Waals surface area (Å²) in [6.07, 6.45) is 1.29. The maximum absolute atomic E-state index is 4.11.